The van der Waals surface area contributed by atoms with Gasteiger partial charge in [-0.25, -0.2) is 4.79 Å². The molecule has 2 aromatic rings. The van der Waals surface area contributed by atoms with E-state index in [0.717, 1.165) is 6.54 Å². The van der Waals surface area contributed by atoms with Crippen LogP contribution in [0.15, 0.2) is 24.3 Å². The van der Waals surface area contributed by atoms with Gasteiger partial charge in [-0.3, -0.25) is 4.79 Å². The number of esters is 1. The van der Waals surface area contributed by atoms with Crippen LogP contribution in [0.2, 0.25) is 0 Å². The fraction of sp³-hybridized carbons (Fsp3) is 0.368. The molecule has 6 nitrogen and oxygen atoms in total. The monoisotopic (exact) mass is 344 g/mol. The van der Waals surface area contributed by atoms with Crippen molar-refractivity contribution < 1.29 is 19.1 Å². The van der Waals surface area contributed by atoms with E-state index in [4.69, 9.17) is 9.47 Å². The summed E-state index contributed by atoms with van der Waals surface area (Å²) < 4.78 is 10.6. The molecule has 0 bridgehead atoms. The molecule has 0 aliphatic carbocycles. The summed E-state index contributed by atoms with van der Waals surface area (Å²) in [6.07, 6.45) is 0. The van der Waals surface area contributed by atoms with Gasteiger partial charge in [0.2, 0.25) is 0 Å². The van der Waals surface area contributed by atoms with E-state index in [0.29, 0.717) is 34.9 Å². The van der Waals surface area contributed by atoms with Crippen molar-refractivity contribution in [2.75, 3.05) is 34.4 Å². The molecule has 0 spiro atoms. The van der Waals surface area contributed by atoms with Gasteiger partial charge in [0.15, 0.2) is 5.78 Å². The Hall–Kier alpha value is -2.60. The maximum Gasteiger partial charge on any atom is 0.340 e. The number of aromatic nitrogens is 1. The predicted octanol–water partition coefficient (Wildman–Crippen LogP) is 2.59. The van der Waals surface area contributed by atoms with Crippen LogP contribution in [0.1, 0.15) is 37.7 Å². The molecule has 0 saturated carbocycles. The zero-order valence-corrected chi connectivity index (χ0v) is 15.3. The van der Waals surface area contributed by atoms with Gasteiger partial charge in [0.1, 0.15) is 12.4 Å². The van der Waals surface area contributed by atoms with Crippen LogP contribution in [0, 0.1) is 13.8 Å². The Bertz CT molecular complexity index is 778. The number of ether oxygens (including phenoxy) is 2. The minimum absolute atomic E-state index is 0.261. The molecule has 0 atom stereocenters. The van der Waals surface area contributed by atoms with Crippen molar-refractivity contribution in [3.63, 3.8) is 0 Å². The van der Waals surface area contributed by atoms with Crippen LogP contribution in [0.5, 0.6) is 5.75 Å². The molecular formula is C19H24N2O4. The molecule has 0 unspecified atom stereocenters. The van der Waals surface area contributed by atoms with Crippen LogP contribution in [-0.2, 0) is 4.74 Å². The van der Waals surface area contributed by atoms with Crippen molar-refractivity contribution in [2.24, 2.45) is 0 Å². The second-order valence-electron chi connectivity index (χ2n) is 6.09. The second-order valence-corrected chi connectivity index (χ2v) is 6.09. The van der Waals surface area contributed by atoms with Crippen molar-refractivity contribution in [1.82, 2.24) is 9.88 Å². The molecule has 6 heteroatoms. The highest BCUT2D eigenvalue weighted by molar-refractivity contribution is 6.16. The number of methoxy groups -OCH3 is 1. The lowest BCUT2D eigenvalue weighted by Gasteiger charge is -2.14. The highest BCUT2D eigenvalue weighted by Crippen LogP contribution is 2.27. The number of ketones is 1. The molecule has 134 valence electrons. The number of nitrogens with one attached hydrogen (secondary N) is 1. The second kappa shape index (κ2) is 7.98. The summed E-state index contributed by atoms with van der Waals surface area (Å²) in [4.78, 5) is 30.3. The van der Waals surface area contributed by atoms with E-state index in [9.17, 15) is 9.59 Å². The van der Waals surface area contributed by atoms with E-state index in [1.165, 1.54) is 7.11 Å². The first-order valence-electron chi connectivity index (χ1n) is 8.05. The van der Waals surface area contributed by atoms with Crippen molar-refractivity contribution in [1.29, 1.82) is 0 Å². The molecule has 0 fully saturated rings. The van der Waals surface area contributed by atoms with Crippen LogP contribution in [0.3, 0.4) is 0 Å². The van der Waals surface area contributed by atoms with Gasteiger partial charge in [0.05, 0.1) is 23.8 Å². The smallest absolute Gasteiger partial charge is 0.340 e. The van der Waals surface area contributed by atoms with Crippen molar-refractivity contribution in [2.45, 2.75) is 13.8 Å². The van der Waals surface area contributed by atoms with E-state index < -0.39 is 5.97 Å². The highest BCUT2D eigenvalue weighted by atomic mass is 16.5. The first kappa shape index (κ1) is 18.7. The predicted molar refractivity (Wildman–Crippen MR) is 95.5 cm³/mol. The number of rotatable bonds is 7. The number of carbonyl (C=O) groups is 2. The Kier molecular flexibility index (Phi) is 5.98. The Balaban J connectivity index is 2.41. The van der Waals surface area contributed by atoms with Gasteiger partial charge in [0.25, 0.3) is 0 Å². The summed E-state index contributed by atoms with van der Waals surface area (Å²) in [6, 6.07) is 7.06. The molecule has 2 rings (SSSR count). The maximum atomic E-state index is 13.1. The number of para-hydroxylation sites is 1. The van der Waals surface area contributed by atoms with Crippen LogP contribution in [0.4, 0.5) is 0 Å². The molecule has 1 heterocycles. The summed E-state index contributed by atoms with van der Waals surface area (Å²) in [5.74, 6) is -0.290. The van der Waals surface area contributed by atoms with Crippen LogP contribution in [-0.4, -0.2) is 56.0 Å². The molecule has 0 saturated heterocycles. The number of nitrogens with zero attached hydrogens (tertiary/aromatic N) is 1. The van der Waals surface area contributed by atoms with Gasteiger partial charge in [0, 0.05) is 17.9 Å². The zero-order valence-electron chi connectivity index (χ0n) is 15.3. The summed E-state index contributed by atoms with van der Waals surface area (Å²) in [5, 5.41) is 0. The lowest BCUT2D eigenvalue weighted by Crippen LogP contribution is -2.20. The normalized spacial score (nSPS) is 10.8. The summed E-state index contributed by atoms with van der Waals surface area (Å²) in [7, 11) is 5.21. The summed E-state index contributed by atoms with van der Waals surface area (Å²) >= 11 is 0. The zero-order chi connectivity index (χ0) is 18.6. The van der Waals surface area contributed by atoms with E-state index in [-0.39, 0.29) is 11.3 Å². The van der Waals surface area contributed by atoms with Gasteiger partial charge >= 0.3 is 5.97 Å². The lowest BCUT2D eigenvalue weighted by atomic mass is 9.98. The number of aromatic amines is 1. The molecule has 0 amide bonds. The van der Waals surface area contributed by atoms with E-state index in [1.807, 2.05) is 25.1 Å². The van der Waals surface area contributed by atoms with Gasteiger partial charge in [-0.05, 0) is 40.1 Å². The quantitative estimate of drug-likeness (QED) is 0.617. The molecule has 0 aliphatic rings. The molecule has 0 aliphatic heterocycles. The first-order valence-corrected chi connectivity index (χ1v) is 8.05. The highest BCUT2D eigenvalue weighted by Gasteiger charge is 2.27. The molecular weight excluding hydrogens is 320 g/mol. The van der Waals surface area contributed by atoms with Gasteiger partial charge < -0.3 is 19.4 Å². The number of hydrogen-bond acceptors (Lipinski definition) is 5. The van der Waals surface area contributed by atoms with Crippen molar-refractivity contribution in [3.8, 4) is 5.75 Å². The number of likely N-dealkylation sites (N-methyl/N-ethyl adjacent to an activating group) is 1. The van der Waals surface area contributed by atoms with Crippen molar-refractivity contribution >= 4 is 11.8 Å². The van der Waals surface area contributed by atoms with Crippen LogP contribution >= 0.6 is 0 Å². The Labute approximate surface area is 147 Å². The third kappa shape index (κ3) is 4.09. The van der Waals surface area contributed by atoms with E-state index >= 15 is 0 Å². The average molecular weight is 344 g/mol. The number of carbonyl (C=O) groups excluding carboxylic acids is 2. The third-order valence-corrected chi connectivity index (χ3v) is 3.92. The Morgan fingerprint density at radius 3 is 2.36 bits per heavy atom. The summed E-state index contributed by atoms with van der Waals surface area (Å²) in [5.41, 5.74) is 2.26. The van der Waals surface area contributed by atoms with Gasteiger partial charge in [-0.15, -0.1) is 0 Å². The lowest BCUT2D eigenvalue weighted by molar-refractivity contribution is 0.0597. The number of benzene rings is 1. The topological polar surface area (TPSA) is 71.6 Å². The minimum Gasteiger partial charge on any atom is -0.491 e. The van der Waals surface area contributed by atoms with Crippen LogP contribution in [0.25, 0.3) is 0 Å². The number of H-pyrrole nitrogens is 1. The molecule has 25 heavy (non-hydrogen) atoms. The SMILES string of the molecule is COC(=O)c1c(C)[nH]c(C)c1C(=O)c1ccccc1OCCN(C)C. The maximum absolute atomic E-state index is 13.1. The van der Waals surface area contributed by atoms with E-state index in [2.05, 4.69) is 4.98 Å². The van der Waals surface area contributed by atoms with Crippen LogP contribution < -0.4 is 4.74 Å². The fourth-order valence-electron chi connectivity index (χ4n) is 2.68. The van der Waals surface area contributed by atoms with Gasteiger partial charge in [-0.2, -0.15) is 0 Å². The Morgan fingerprint density at radius 2 is 1.72 bits per heavy atom. The van der Waals surface area contributed by atoms with E-state index in [1.54, 1.807) is 32.0 Å². The van der Waals surface area contributed by atoms with Gasteiger partial charge in [-0.1, -0.05) is 12.1 Å². The summed E-state index contributed by atoms with van der Waals surface area (Å²) in [6.45, 7) is 4.71. The van der Waals surface area contributed by atoms with Crippen molar-refractivity contribution in [3.05, 3.63) is 52.3 Å². The molecule has 1 aromatic heterocycles. The first-order chi connectivity index (χ1) is 11.9. The molecule has 0 radical (unpaired) electrons. The standard InChI is InChI=1S/C19H24N2O4/c1-12-16(17(13(2)20-12)19(23)24-5)18(22)14-8-6-7-9-15(14)25-11-10-21(3)4/h6-9,20H,10-11H2,1-5H3. The fourth-order valence-corrected chi connectivity index (χ4v) is 2.68. The Morgan fingerprint density at radius 1 is 1.08 bits per heavy atom. The molecule has 1 aromatic carbocycles. The molecule has 1 N–H and O–H groups in total. The third-order valence-electron chi connectivity index (χ3n) is 3.92. The minimum atomic E-state index is -0.531. The average Bonchev–Trinajstić information content (AvgIpc) is 2.87. The number of hydrogen-bond donors (Lipinski definition) is 1. The number of aryl methyl sites for hydroxylation is 2. The largest absolute Gasteiger partial charge is 0.491 e.